The van der Waals surface area contributed by atoms with Gasteiger partial charge in [0.1, 0.15) is 11.5 Å². The maximum atomic E-state index is 11.8. The van der Waals surface area contributed by atoms with Gasteiger partial charge in [0.25, 0.3) is 5.91 Å². The Balaban J connectivity index is 2.40. The fourth-order valence-electron chi connectivity index (χ4n) is 1.71. The lowest BCUT2D eigenvalue weighted by Gasteiger charge is -2.16. The SMILES string of the molecule is CCCC(O)CNC(=O)C(C)Oc1ccc(OC)cc1. The molecule has 0 aromatic heterocycles. The van der Waals surface area contributed by atoms with Crippen molar-refractivity contribution in [3.05, 3.63) is 24.3 Å². The molecule has 0 heterocycles. The molecule has 0 spiro atoms. The average Bonchev–Trinajstić information content (AvgIpc) is 2.45. The molecule has 0 saturated carbocycles. The zero-order valence-corrected chi connectivity index (χ0v) is 12.3. The number of aliphatic hydroxyl groups excluding tert-OH is 1. The Morgan fingerprint density at radius 1 is 1.30 bits per heavy atom. The number of benzene rings is 1. The number of carbonyl (C=O) groups excluding carboxylic acids is 1. The molecule has 0 bridgehead atoms. The first-order valence-electron chi connectivity index (χ1n) is 6.83. The predicted molar refractivity (Wildman–Crippen MR) is 77.0 cm³/mol. The topological polar surface area (TPSA) is 67.8 Å². The van der Waals surface area contributed by atoms with Gasteiger partial charge in [-0.1, -0.05) is 13.3 Å². The van der Waals surface area contributed by atoms with Gasteiger partial charge in [0.15, 0.2) is 6.10 Å². The lowest BCUT2D eigenvalue weighted by atomic mass is 10.2. The molecule has 112 valence electrons. The molecule has 0 fully saturated rings. The van der Waals surface area contributed by atoms with E-state index in [-0.39, 0.29) is 12.5 Å². The Hall–Kier alpha value is -1.75. The summed E-state index contributed by atoms with van der Waals surface area (Å²) in [5.41, 5.74) is 0. The second-order valence-electron chi connectivity index (χ2n) is 4.62. The van der Waals surface area contributed by atoms with E-state index in [0.29, 0.717) is 12.2 Å². The van der Waals surface area contributed by atoms with Gasteiger partial charge in [-0.05, 0) is 37.6 Å². The fourth-order valence-corrected chi connectivity index (χ4v) is 1.71. The van der Waals surface area contributed by atoms with E-state index in [1.165, 1.54) is 0 Å². The number of nitrogens with one attached hydrogen (secondary N) is 1. The standard InChI is InChI=1S/C15H23NO4/c1-4-5-12(17)10-16-15(18)11(2)20-14-8-6-13(19-3)7-9-14/h6-9,11-12,17H,4-5,10H2,1-3H3,(H,16,18). The summed E-state index contributed by atoms with van der Waals surface area (Å²) < 4.78 is 10.6. The Morgan fingerprint density at radius 3 is 2.45 bits per heavy atom. The lowest BCUT2D eigenvalue weighted by Crippen LogP contribution is -2.40. The molecule has 5 heteroatoms. The Labute approximate surface area is 119 Å². The van der Waals surface area contributed by atoms with Crippen LogP contribution in [0.1, 0.15) is 26.7 Å². The number of hydrogen-bond donors (Lipinski definition) is 2. The summed E-state index contributed by atoms with van der Waals surface area (Å²) >= 11 is 0. The molecule has 5 nitrogen and oxygen atoms in total. The van der Waals surface area contributed by atoms with E-state index >= 15 is 0 Å². The number of aliphatic hydroxyl groups is 1. The van der Waals surface area contributed by atoms with Crippen molar-refractivity contribution in [2.75, 3.05) is 13.7 Å². The summed E-state index contributed by atoms with van der Waals surface area (Å²) in [5.74, 6) is 1.09. The highest BCUT2D eigenvalue weighted by molar-refractivity contribution is 5.80. The van der Waals surface area contributed by atoms with Crippen molar-refractivity contribution >= 4 is 5.91 Å². The molecule has 0 aliphatic rings. The summed E-state index contributed by atoms with van der Waals surface area (Å²) in [4.78, 5) is 11.8. The third kappa shape index (κ3) is 5.48. The van der Waals surface area contributed by atoms with Crippen LogP contribution in [-0.2, 0) is 4.79 Å². The van der Waals surface area contributed by atoms with Crippen LogP contribution >= 0.6 is 0 Å². The summed E-state index contributed by atoms with van der Waals surface area (Å²) in [6, 6.07) is 7.03. The molecule has 0 aliphatic heterocycles. The highest BCUT2D eigenvalue weighted by atomic mass is 16.5. The first kappa shape index (κ1) is 16.3. The third-order valence-electron chi connectivity index (χ3n) is 2.88. The molecule has 0 saturated heterocycles. The molecular formula is C15H23NO4. The molecule has 0 aliphatic carbocycles. The zero-order chi connectivity index (χ0) is 15.0. The van der Waals surface area contributed by atoms with Crippen LogP contribution in [0.25, 0.3) is 0 Å². The molecule has 2 atom stereocenters. The van der Waals surface area contributed by atoms with E-state index in [1.807, 2.05) is 6.92 Å². The molecule has 0 radical (unpaired) electrons. The van der Waals surface area contributed by atoms with Crippen molar-refractivity contribution < 1.29 is 19.4 Å². The van der Waals surface area contributed by atoms with Crippen LogP contribution in [0.2, 0.25) is 0 Å². The average molecular weight is 281 g/mol. The Kier molecular flexibility index (Phi) is 6.87. The van der Waals surface area contributed by atoms with Crippen molar-refractivity contribution in [1.29, 1.82) is 0 Å². The van der Waals surface area contributed by atoms with Gasteiger partial charge >= 0.3 is 0 Å². The minimum absolute atomic E-state index is 0.240. The number of hydrogen-bond acceptors (Lipinski definition) is 4. The third-order valence-corrected chi connectivity index (χ3v) is 2.88. The van der Waals surface area contributed by atoms with E-state index in [9.17, 15) is 9.90 Å². The van der Waals surface area contributed by atoms with E-state index in [4.69, 9.17) is 9.47 Å². The molecule has 1 rings (SSSR count). The number of amides is 1. The van der Waals surface area contributed by atoms with Gasteiger partial charge in [0, 0.05) is 6.54 Å². The second-order valence-corrected chi connectivity index (χ2v) is 4.62. The van der Waals surface area contributed by atoms with Crippen LogP contribution in [0.3, 0.4) is 0 Å². The van der Waals surface area contributed by atoms with Gasteiger partial charge < -0.3 is 19.9 Å². The van der Waals surface area contributed by atoms with Crippen molar-refractivity contribution in [3.63, 3.8) is 0 Å². The van der Waals surface area contributed by atoms with Gasteiger partial charge in [0.2, 0.25) is 0 Å². The highest BCUT2D eigenvalue weighted by Gasteiger charge is 2.15. The van der Waals surface area contributed by atoms with Gasteiger partial charge in [-0.15, -0.1) is 0 Å². The maximum absolute atomic E-state index is 11.8. The highest BCUT2D eigenvalue weighted by Crippen LogP contribution is 2.18. The van der Waals surface area contributed by atoms with Gasteiger partial charge in [-0.2, -0.15) is 0 Å². The molecule has 2 unspecified atom stereocenters. The van der Waals surface area contributed by atoms with Crippen LogP contribution in [0.5, 0.6) is 11.5 Å². The number of rotatable bonds is 8. The van der Waals surface area contributed by atoms with E-state index < -0.39 is 12.2 Å². The normalized spacial score (nSPS) is 13.4. The summed E-state index contributed by atoms with van der Waals surface area (Å²) in [7, 11) is 1.59. The monoisotopic (exact) mass is 281 g/mol. The molecule has 2 N–H and O–H groups in total. The number of methoxy groups -OCH3 is 1. The van der Waals surface area contributed by atoms with Gasteiger partial charge in [-0.3, -0.25) is 4.79 Å². The molecule has 20 heavy (non-hydrogen) atoms. The first-order valence-corrected chi connectivity index (χ1v) is 6.83. The maximum Gasteiger partial charge on any atom is 0.260 e. The van der Waals surface area contributed by atoms with Crippen molar-refractivity contribution in [2.45, 2.75) is 38.9 Å². The largest absolute Gasteiger partial charge is 0.497 e. The molecule has 1 amide bonds. The summed E-state index contributed by atoms with van der Waals surface area (Å²) in [6.45, 7) is 3.91. The second kappa shape index (κ2) is 8.43. The minimum atomic E-state index is -0.614. The van der Waals surface area contributed by atoms with Crippen molar-refractivity contribution in [1.82, 2.24) is 5.32 Å². The quantitative estimate of drug-likeness (QED) is 0.761. The Morgan fingerprint density at radius 2 is 1.90 bits per heavy atom. The molecular weight excluding hydrogens is 258 g/mol. The predicted octanol–water partition coefficient (Wildman–Crippen LogP) is 1.74. The minimum Gasteiger partial charge on any atom is -0.497 e. The lowest BCUT2D eigenvalue weighted by molar-refractivity contribution is -0.127. The molecule has 1 aromatic rings. The van der Waals surface area contributed by atoms with Crippen LogP contribution in [-0.4, -0.2) is 36.9 Å². The van der Waals surface area contributed by atoms with Crippen LogP contribution < -0.4 is 14.8 Å². The summed E-state index contributed by atoms with van der Waals surface area (Å²) in [6.07, 6.45) is 0.442. The van der Waals surface area contributed by atoms with Crippen LogP contribution in [0, 0.1) is 0 Å². The number of carbonyl (C=O) groups is 1. The van der Waals surface area contributed by atoms with Crippen LogP contribution in [0.4, 0.5) is 0 Å². The van der Waals surface area contributed by atoms with Gasteiger partial charge in [-0.25, -0.2) is 0 Å². The van der Waals surface area contributed by atoms with Crippen LogP contribution in [0.15, 0.2) is 24.3 Å². The van der Waals surface area contributed by atoms with E-state index in [1.54, 1.807) is 38.3 Å². The number of ether oxygens (including phenoxy) is 2. The fraction of sp³-hybridized carbons (Fsp3) is 0.533. The van der Waals surface area contributed by atoms with Crippen molar-refractivity contribution in [2.24, 2.45) is 0 Å². The Bertz CT molecular complexity index is 405. The van der Waals surface area contributed by atoms with E-state index in [0.717, 1.165) is 12.2 Å². The van der Waals surface area contributed by atoms with Crippen molar-refractivity contribution in [3.8, 4) is 11.5 Å². The first-order chi connectivity index (χ1) is 9.56. The van der Waals surface area contributed by atoms with E-state index in [2.05, 4.69) is 5.32 Å². The summed E-state index contributed by atoms with van der Waals surface area (Å²) in [5, 5.41) is 12.2. The molecule has 1 aromatic carbocycles. The smallest absolute Gasteiger partial charge is 0.260 e. The van der Waals surface area contributed by atoms with Gasteiger partial charge in [0.05, 0.1) is 13.2 Å². The zero-order valence-electron chi connectivity index (χ0n) is 12.3.